The molecule has 2 heterocycles. The standard InChI is InChI=1S/2C16H30O3/c1-5-7-15(6-2)13(4)16(17)19-11-14-8-9-18-12(3)10-14;1-5-7-9-16(4,6-2)15(17)19-12-14-8-10-18-13(3)11-14/h12-15H,5-11H2,1-4H3;13-14H,5-12H2,1-4H3. The van der Waals surface area contributed by atoms with Gasteiger partial charge in [0.1, 0.15) is 0 Å². The van der Waals surface area contributed by atoms with Crippen molar-refractivity contribution in [3.05, 3.63) is 0 Å². The summed E-state index contributed by atoms with van der Waals surface area (Å²) in [6, 6.07) is 0. The average Bonchev–Trinajstić information content (AvgIpc) is 2.92. The van der Waals surface area contributed by atoms with Crippen molar-refractivity contribution < 1.29 is 28.5 Å². The van der Waals surface area contributed by atoms with Crippen LogP contribution < -0.4 is 0 Å². The van der Waals surface area contributed by atoms with Crippen LogP contribution in [0, 0.1) is 29.1 Å². The van der Waals surface area contributed by atoms with E-state index in [-0.39, 0.29) is 23.3 Å². The first kappa shape index (κ1) is 34.9. The number of hydrogen-bond donors (Lipinski definition) is 0. The van der Waals surface area contributed by atoms with E-state index in [4.69, 9.17) is 18.9 Å². The van der Waals surface area contributed by atoms with Gasteiger partial charge in [0.25, 0.3) is 0 Å². The van der Waals surface area contributed by atoms with Crippen LogP contribution in [0.3, 0.4) is 0 Å². The second-order valence-corrected chi connectivity index (χ2v) is 12.1. The molecule has 0 radical (unpaired) electrons. The summed E-state index contributed by atoms with van der Waals surface area (Å²) in [5.41, 5.74) is -0.299. The molecular formula is C32H60O6. The van der Waals surface area contributed by atoms with Gasteiger partial charge in [-0.15, -0.1) is 0 Å². The Bertz CT molecular complexity index is 652. The van der Waals surface area contributed by atoms with Crippen molar-refractivity contribution in [3.8, 4) is 0 Å². The summed E-state index contributed by atoms with van der Waals surface area (Å²) in [6.45, 7) is 19.5. The second kappa shape index (κ2) is 19.0. The lowest BCUT2D eigenvalue weighted by Crippen LogP contribution is -2.33. The molecule has 0 aromatic rings. The van der Waals surface area contributed by atoms with Crippen LogP contribution in [0.5, 0.6) is 0 Å². The normalized spacial score (nSPS) is 26.7. The van der Waals surface area contributed by atoms with E-state index in [0.717, 1.165) is 83.8 Å². The average molecular weight is 541 g/mol. The molecule has 0 aliphatic carbocycles. The molecule has 0 spiro atoms. The number of carbonyl (C=O) groups is 2. The van der Waals surface area contributed by atoms with E-state index < -0.39 is 0 Å². The summed E-state index contributed by atoms with van der Waals surface area (Å²) < 4.78 is 22.1. The zero-order chi connectivity index (χ0) is 28.6. The van der Waals surface area contributed by atoms with E-state index >= 15 is 0 Å². The van der Waals surface area contributed by atoms with Crippen LogP contribution in [-0.4, -0.2) is 50.6 Å². The molecule has 0 aromatic heterocycles. The van der Waals surface area contributed by atoms with Gasteiger partial charge in [-0.1, -0.05) is 60.3 Å². The highest BCUT2D eigenvalue weighted by molar-refractivity contribution is 5.76. The van der Waals surface area contributed by atoms with Crippen LogP contribution in [0.25, 0.3) is 0 Å². The first-order valence-corrected chi connectivity index (χ1v) is 15.7. The Morgan fingerprint density at radius 1 is 0.895 bits per heavy atom. The first-order valence-electron chi connectivity index (χ1n) is 15.7. The summed E-state index contributed by atoms with van der Waals surface area (Å²) in [6.07, 6.45) is 11.9. The maximum Gasteiger partial charge on any atom is 0.311 e. The monoisotopic (exact) mass is 540 g/mol. The molecule has 6 nitrogen and oxygen atoms in total. The summed E-state index contributed by atoms with van der Waals surface area (Å²) in [5.74, 6) is 1.42. The lowest BCUT2D eigenvalue weighted by atomic mass is 9.82. The smallest absolute Gasteiger partial charge is 0.311 e. The molecule has 38 heavy (non-hydrogen) atoms. The molecule has 2 aliphatic heterocycles. The molecule has 0 amide bonds. The Hall–Kier alpha value is -1.14. The molecule has 2 saturated heterocycles. The third-order valence-corrected chi connectivity index (χ3v) is 8.72. The molecule has 7 atom stereocenters. The molecule has 0 aromatic carbocycles. The predicted molar refractivity (Wildman–Crippen MR) is 154 cm³/mol. The van der Waals surface area contributed by atoms with E-state index in [1.807, 2.05) is 13.8 Å². The lowest BCUT2D eigenvalue weighted by Gasteiger charge is -2.30. The highest BCUT2D eigenvalue weighted by atomic mass is 16.5. The zero-order valence-corrected chi connectivity index (χ0v) is 26.0. The Balaban J connectivity index is 0.000000380. The van der Waals surface area contributed by atoms with Crippen molar-refractivity contribution in [3.63, 3.8) is 0 Å². The lowest BCUT2D eigenvalue weighted by molar-refractivity contribution is -0.158. The molecular weight excluding hydrogens is 480 g/mol. The van der Waals surface area contributed by atoms with Gasteiger partial charge in [-0.2, -0.15) is 0 Å². The zero-order valence-electron chi connectivity index (χ0n) is 26.0. The SMILES string of the molecule is CCCC(CC)C(C)C(=O)OCC1CCOC(C)C1.CCCCC(C)(CC)C(=O)OCC1CCOC(C)C1. The number of ether oxygens (including phenoxy) is 4. The van der Waals surface area contributed by atoms with Gasteiger partial charge in [0.15, 0.2) is 0 Å². The number of esters is 2. The number of hydrogen-bond acceptors (Lipinski definition) is 6. The van der Waals surface area contributed by atoms with Crippen molar-refractivity contribution >= 4 is 11.9 Å². The van der Waals surface area contributed by atoms with Crippen LogP contribution in [0.2, 0.25) is 0 Å². The van der Waals surface area contributed by atoms with Crippen molar-refractivity contribution in [1.29, 1.82) is 0 Å². The number of rotatable bonds is 14. The highest BCUT2D eigenvalue weighted by Crippen LogP contribution is 2.31. The van der Waals surface area contributed by atoms with Gasteiger partial charge in [-0.25, -0.2) is 0 Å². The summed E-state index contributed by atoms with van der Waals surface area (Å²) >= 11 is 0. The molecule has 6 heteroatoms. The minimum atomic E-state index is -0.299. The molecule has 224 valence electrons. The van der Waals surface area contributed by atoms with Crippen molar-refractivity contribution in [2.24, 2.45) is 29.1 Å². The largest absolute Gasteiger partial charge is 0.465 e. The van der Waals surface area contributed by atoms with Gasteiger partial charge in [-0.3, -0.25) is 9.59 Å². The van der Waals surface area contributed by atoms with Crippen LogP contribution in [-0.2, 0) is 28.5 Å². The Labute approximate surface area is 234 Å². The van der Waals surface area contributed by atoms with Crippen LogP contribution >= 0.6 is 0 Å². The first-order chi connectivity index (χ1) is 18.1. The Morgan fingerprint density at radius 2 is 1.45 bits per heavy atom. The Morgan fingerprint density at radius 3 is 1.89 bits per heavy atom. The minimum absolute atomic E-state index is 0.0115. The van der Waals surface area contributed by atoms with Crippen molar-refractivity contribution in [2.75, 3.05) is 26.4 Å². The summed E-state index contributed by atoms with van der Waals surface area (Å²) in [5, 5.41) is 0. The molecule has 2 aliphatic rings. The van der Waals surface area contributed by atoms with Gasteiger partial charge in [0, 0.05) is 13.2 Å². The van der Waals surface area contributed by atoms with Crippen molar-refractivity contribution in [2.45, 2.75) is 138 Å². The van der Waals surface area contributed by atoms with Gasteiger partial charge in [0.05, 0.1) is 36.8 Å². The van der Waals surface area contributed by atoms with Crippen LogP contribution in [0.15, 0.2) is 0 Å². The van der Waals surface area contributed by atoms with Gasteiger partial charge in [0.2, 0.25) is 0 Å². The fourth-order valence-corrected chi connectivity index (χ4v) is 5.55. The van der Waals surface area contributed by atoms with Gasteiger partial charge < -0.3 is 18.9 Å². The minimum Gasteiger partial charge on any atom is -0.465 e. The van der Waals surface area contributed by atoms with Crippen LogP contribution in [0.4, 0.5) is 0 Å². The topological polar surface area (TPSA) is 71.1 Å². The van der Waals surface area contributed by atoms with E-state index in [9.17, 15) is 9.59 Å². The van der Waals surface area contributed by atoms with Gasteiger partial charge in [-0.05, 0) is 83.5 Å². The third kappa shape index (κ3) is 12.8. The molecule has 0 saturated carbocycles. The highest BCUT2D eigenvalue weighted by Gasteiger charge is 2.33. The number of unbranched alkanes of at least 4 members (excludes halogenated alkanes) is 1. The quantitative estimate of drug-likeness (QED) is 0.210. The fourth-order valence-electron chi connectivity index (χ4n) is 5.55. The van der Waals surface area contributed by atoms with Gasteiger partial charge >= 0.3 is 11.9 Å². The maximum atomic E-state index is 12.3. The molecule has 0 bridgehead atoms. The fraction of sp³-hybridized carbons (Fsp3) is 0.938. The number of carbonyl (C=O) groups excluding carboxylic acids is 2. The molecule has 2 rings (SSSR count). The molecule has 2 fully saturated rings. The Kier molecular flexibility index (Phi) is 17.5. The maximum absolute atomic E-state index is 12.3. The van der Waals surface area contributed by atoms with E-state index in [1.165, 1.54) is 0 Å². The third-order valence-electron chi connectivity index (χ3n) is 8.72. The molecule has 7 unspecified atom stereocenters. The summed E-state index contributed by atoms with van der Waals surface area (Å²) in [4.78, 5) is 24.4. The van der Waals surface area contributed by atoms with Crippen LogP contribution in [0.1, 0.15) is 126 Å². The predicted octanol–water partition coefficient (Wildman–Crippen LogP) is 7.76. The molecule has 0 N–H and O–H groups in total. The van der Waals surface area contributed by atoms with E-state index in [1.54, 1.807) is 0 Å². The second-order valence-electron chi connectivity index (χ2n) is 12.1. The van der Waals surface area contributed by atoms with E-state index in [0.29, 0.717) is 43.2 Å². The summed E-state index contributed by atoms with van der Waals surface area (Å²) in [7, 11) is 0. The van der Waals surface area contributed by atoms with E-state index in [2.05, 4.69) is 41.5 Å². The van der Waals surface area contributed by atoms with Crippen molar-refractivity contribution in [1.82, 2.24) is 0 Å².